The number of hydrogen-bond donors (Lipinski definition) is 3. The molecule has 162 valence electrons. The molecule has 0 aliphatic carbocycles. The van der Waals surface area contributed by atoms with Crippen molar-refractivity contribution < 1.29 is 41.0 Å². The average molecular weight is 427 g/mol. The molecule has 0 aliphatic heterocycles. The highest BCUT2D eigenvalue weighted by atomic mass is 19.4. The molecule has 0 saturated carbocycles. The van der Waals surface area contributed by atoms with Crippen molar-refractivity contribution in [3.05, 3.63) is 29.6 Å². The molecule has 0 aromatic heterocycles. The monoisotopic (exact) mass is 427 g/mol. The predicted molar refractivity (Wildman–Crippen MR) is 90.1 cm³/mol. The Balaban J connectivity index is 0.000000956. The van der Waals surface area contributed by atoms with Gasteiger partial charge in [0.25, 0.3) is 0 Å². The summed E-state index contributed by atoms with van der Waals surface area (Å²) >= 11 is 0. The number of nitrogens with zero attached hydrogens (tertiary/aromatic N) is 1. The van der Waals surface area contributed by atoms with E-state index >= 15 is 0 Å². The van der Waals surface area contributed by atoms with E-state index in [1.165, 1.54) is 0 Å². The number of carbonyl (C=O) groups excluding carboxylic acids is 1. The first-order valence-corrected chi connectivity index (χ1v) is 8.19. The number of alkyl halides is 3. The van der Waals surface area contributed by atoms with Gasteiger partial charge < -0.3 is 15.7 Å². The summed E-state index contributed by atoms with van der Waals surface area (Å²) in [6.07, 6.45) is -3.82. The van der Waals surface area contributed by atoms with Crippen LogP contribution in [0.1, 0.15) is 26.7 Å². The van der Waals surface area contributed by atoms with Gasteiger partial charge in [0.1, 0.15) is 0 Å². The molecule has 12 heteroatoms. The Labute approximate surface area is 162 Å². The van der Waals surface area contributed by atoms with Crippen molar-refractivity contribution in [2.75, 3.05) is 18.4 Å². The number of carbonyl (C=O) groups is 2. The second-order valence-corrected chi connectivity index (χ2v) is 5.78. The van der Waals surface area contributed by atoms with E-state index in [9.17, 15) is 31.1 Å². The van der Waals surface area contributed by atoms with E-state index in [2.05, 4.69) is 16.7 Å². The molecule has 0 spiro atoms. The highest BCUT2D eigenvalue weighted by molar-refractivity contribution is 5.92. The lowest BCUT2D eigenvalue weighted by atomic mass is 9.84. The number of rotatable bonds is 7. The van der Waals surface area contributed by atoms with E-state index in [1.807, 2.05) is 13.8 Å². The molecule has 0 atom stereocenters. The van der Waals surface area contributed by atoms with Gasteiger partial charge in [-0.15, -0.1) is 0 Å². The second kappa shape index (κ2) is 11.3. The highest BCUT2D eigenvalue weighted by Crippen LogP contribution is 2.24. The van der Waals surface area contributed by atoms with Crippen LogP contribution >= 0.6 is 0 Å². The molecule has 0 aliphatic rings. The van der Waals surface area contributed by atoms with E-state index in [4.69, 9.17) is 15.2 Å². The van der Waals surface area contributed by atoms with Crippen molar-refractivity contribution in [1.82, 2.24) is 5.32 Å². The average Bonchev–Trinajstić information content (AvgIpc) is 2.66. The lowest BCUT2D eigenvalue weighted by Crippen LogP contribution is -2.37. The topological polar surface area (TPSA) is 102 Å². The minimum Gasteiger partial charge on any atom is -0.475 e. The Hall–Kier alpha value is -2.81. The maximum atomic E-state index is 13.4. The zero-order chi connectivity index (χ0) is 22.8. The first-order valence-electron chi connectivity index (χ1n) is 8.19. The van der Waals surface area contributed by atoms with Crippen LogP contribution in [-0.2, 0) is 9.59 Å². The molecule has 1 aromatic carbocycles. The second-order valence-electron chi connectivity index (χ2n) is 5.78. The molecule has 3 N–H and O–H groups in total. The fraction of sp³-hybridized carbons (Fsp3) is 0.471. The zero-order valence-electron chi connectivity index (χ0n) is 15.5. The maximum Gasteiger partial charge on any atom is 0.490 e. The summed E-state index contributed by atoms with van der Waals surface area (Å²) in [7, 11) is 0. The van der Waals surface area contributed by atoms with Crippen molar-refractivity contribution in [1.29, 1.82) is 5.26 Å². The lowest BCUT2D eigenvalue weighted by molar-refractivity contribution is -0.192. The number of nitrogens with one attached hydrogen (secondary N) is 2. The smallest absolute Gasteiger partial charge is 0.475 e. The standard InChI is InChI=1S/C15H18F3N3O.C2HF3O2/c1-3-15(4-2,8-19)9-20-7-12(22)21-11-6-5-10(16)13(17)14(11)18;3-2(4,5)1(6)7/h5-6,20H,3-4,7,9H2,1-2H3,(H,21,22);(H,6,7). The van der Waals surface area contributed by atoms with Crippen LogP contribution in [0.15, 0.2) is 12.1 Å². The number of amides is 1. The molecular weight excluding hydrogens is 408 g/mol. The third-order valence-corrected chi connectivity index (χ3v) is 3.89. The number of hydrogen-bond acceptors (Lipinski definition) is 4. The van der Waals surface area contributed by atoms with Crippen LogP contribution in [-0.4, -0.2) is 36.2 Å². The Morgan fingerprint density at radius 1 is 1.10 bits per heavy atom. The quantitative estimate of drug-likeness (QED) is 0.456. The van der Waals surface area contributed by atoms with Crippen molar-refractivity contribution in [2.24, 2.45) is 5.41 Å². The normalized spacial score (nSPS) is 11.1. The molecular formula is C17H19F6N3O3. The minimum atomic E-state index is -5.08. The van der Waals surface area contributed by atoms with Gasteiger partial charge in [0.15, 0.2) is 17.5 Å². The van der Waals surface area contributed by atoms with Crippen LogP contribution in [0.25, 0.3) is 0 Å². The maximum absolute atomic E-state index is 13.4. The number of aliphatic carboxylic acids is 1. The Bertz CT molecular complexity index is 758. The van der Waals surface area contributed by atoms with Crippen LogP contribution < -0.4 is 10.6 Å². The van der Waals surface area contributed by atoms with Crippen LogP contribution in [0.4, 0.5) is 32.0 Å². The van der Waals surface area contributed by atoms with E-state index in [0.29, 0.717) is 19.4 Å². The number of carboxylic acid groups (broad SMARTS) is 1. The molecule has 0 unspecified atom stereocenters. The zero-order valence-corrected chi connectivity index (χ0v) is 15.5. The summed E-state index contributed by atoms with van der Waals surface area (Å²) in [5.74, 6) is -7.76. The summed E-state index contributed by atoms with van der Waals surface area (Å²) in [6.45, 7) is 3.91. The van der Waals surface area contributed by atoms with Crippen molar-refractivity contribution >= 4 is 17.6 Å². The minimum absolute atomic E-state index is 0.165. The molecule has 1 amide bonds. The largest absolute Gasteiger partial charge is 0.490 e. The van der Waals surface area contributed by atoms with E-state index in [-0.39, 0.29) is 6.54 Å². The van der Waals surface area contributed by atoms with Gasteiger partial charge in [-0.05, 0) is 25.0 Å². The first kappa shape index (κ1) is 26.2. The molecule has 0 saturated heterocycles. The summed E-state index contributed by atoms with van der Waals surface area (Å²) in [4.78, 5) is 20.6. The highest BCUT2D eigenvalue weighted by Gasteiger charge is 2.38. The summed E-state index contributed by atoms with van der Waals surface area (Å²) in [5.41, 5.74) is -0.990. The SMILES string of the molecule is CCC(C#N)(CC)CNCC(=O)Nc1ccc(F)c(F)c1F.O=C(O)C(F)(F)F. The van der Waals surface area contributed by atoms with Gasteiger partial charge in [-0.1, -0.05) is 13.8 Å². The van der Waals surface area contributed by atoms with Crippen molar-refractivity contribution in [2.45, 2.75) is 32.9 Å². The number of anilines is 1. The van der Waals surface area contributed by atoms with Crippen molar-refractivity contribution in [3.63, 3.8) is 0 Å². The summed E-state index contributed by atoms with van der Waals surface area (Å²) < 4.78 is 71.0. The molecule has 6 nitrogen and oxygen atoms in total. The molecule has 0 radical (unpaired) electrons. The van der Waals surface area contributed by atoms with Gasteiger partial charge >= 0.3 is 12.1 Å². The fourth-order valence-electron chi connectivity index (χ4n) is 1.93. The van der Waals surface area contributed by atoms with Gasteiger partial charge in [0.05, 0.1) is 23.7 Å². The van der Waals surface area contributed by atoms with Crippen molar-refractivity contribution in [3.8, 4) is 6.07 Å². The lowest BCUT2D eigenvalue weighted by Gasteiger charge is -2.23. The molecule has 0 fully saturated rings. The van der Waals surface area contributed by atoms with Gasteiger partial charge in [-0.2, -0.15) is 18.4 Å². The van der Waals surface area contributed by atoms with E-state index in [1.54, 1.807) is 0 Å². The molecule has 0 bridgehead atoms. The van der Waals surface area contributed by atoms with Crippen LogP contribution in [0.3, 0.4) is 0 Å². The Morgan fingerprint density at radius 3 is 2.03 bits per heavy atom. The number of halogens is 6. The third-order valence-electron chi connectivity index (χ3n) is 3.89. The van der Waals surface area contributed by atoms with Crippen LogP contribution in [0.2, 0.25) is 0 Å². The van der Waals surface area contributed by atoms with Crippen LogP contribution in [0.5, 0.6) is 0 Å². The first-order chi connectivity index (χ1) is 13.3. The third kappa shape index (κ3) is 8.39. The molecule has 29 heavy (non-hydrogen) atoms. The number of nitriles is 1. The van der Waals surface area contributed by atoms with E-state index in [0.717, 1.165) is 12.1 Å². The Morgan fingerprint density at radius 2 is 1.62 bits per heavy atom. The molecule has 1 aromatic rings. The number of benzene rings is 1. The summed E-state index contributed by atoms with van der Waals surface area (Å²) in [6, 6.07) is 3.90. The van der Waals surface area contributed by atoms with Gasteiger partial charge in [0, 0.05) is 6.54 Å². The number of carboxylic acids is 1. The Kier molecular flexibility index (Phi) is 10.2. The van der Waals surface area contributed by atoms with Gasteiger partial charge in [-0.3, -0.25) is 4.79 Å². The van der Waals surface area contributed by atoms with Gasteiger partial charge in [0.2, 0.25) is 5.91 Å². The molecule has 0 heterocycles. The molecule has 1 rings (SSSR count). The summed E-state index contributed by atoms with van der Waals surface area (Å²) in [5, 5.41) is 21.2. The fourth-order valence-corrected chi connectivity index (χ4v) is 1.93. The predicted octanol–water partition coefficient (Wildman–Crippen LogP) is 3.60. The van der Waals surface area contributed by atoms with Gasteiger partial charge in [-0.25, -0.2) is 18.0 Å². The van der Waals surface area contributed by atoms with E-state index < -0.39 is 46.6 Å². The van der Waals surface area contributed by atoms with Crippen LogP contribution in [0, 0.1) is 34.2 Å².